The van der Waals surface area contributed by atoms with Crippen LogP contribution in [0.25, 0.3) is 0 Å². The highest BCUT2D eigenvalue weighted by Crippen LogP contribution is 2.28. The van der Waals surface area contributed by atoms with Gasteiger partial charge in [-0.25, -0.2) is 8.42 Å². The molecule has 2 aromatic carbocycles. The number of nitro benzene ring substituents is 1. The van der Waals surface area contributed by atoms with Gasteiger partial charge in [-0.3, -0.25) is 19.2 Å². The summed E-state index contributed by atoms with van der Waals surface area (Å²) in [5.41, 5.74) is 0.811. The van der Waals surface area contributed by atoms with Gasteiger partial charge in [-0.05, 0) is 40.5 Å². The Morgan fingerprint density at radius 1 is 1.27 bits per heavy atom. The SMILES string of the molecule is Cc1ccc([N+](=O)[O-])cc1N(CC(=O)Nc1ccccc1Br)S(C)(=O)=O. The third kappa shape index (κ3) is 4.79. The number of hydrogen-bond donors (Lipinski definition) is 1. The van der Waals surface area contributed by atoms with E-state index in [4.69, 9.17) is 0 Å². The van der Waals surface area contributed by atoms with E-state index in [9.17, 15) is 23.3 Å². The molecule has 0 aromatic heterocycles. The fourth-order valence-corrected chi connectivity index (χ4v) is 3.53. The third-order valence-electron chi connectivity index (χ3n) is 3.51. The van der Waals surface area contributed by atoms with E-state index < -0.39 is 27.4 Å². The van der Waals surface area contributed by atoms with Gasteiger partial charge in [0.1, 0.15) is 6.54 Å². The molecule has 0 bridgehead atoms. The van der Waals surface area contributed by atoms with Crippen LogP contribution in [0.5, 0.6) is 0 Å². The number of nitrogens with zero attached hydrogens (tertiary/aromatic N) is 2. The first-order valence-electron chi connectivity index (χ1n) is 7.36. The molecule has 0 saturated heterocycles. The van der Waals surface area contributed by atoms with Gasteiger partial charge in [0.25, 0.3) is 5.69 Å². The fraction of sp³-hybridized carbons (Fsp3) is 0.188. The molecular weight excluding hydrogens is 426 g/mol. The lowest BCUT2D eigenvalue weighted by Gasteiger charge is -2.23. The second kappa shape index (κ2) is 7.83. The summed E-state index contributed by atoms with van der Waals surface area (Å²) >= 11 is 3.29. The standard InChI is InChI=1S/C16H16BrN3O5S/c1-11-7-8-12(20(22)23)9-15(11)19(26(2,24)25)10-16(21)18-14-6-4-3-5-13(14)17/h3-9H,10H2,1-2H3,(H,18,21). The van der Waals surface area contributed by atoms with Crippen molar-refractivity contribution in [3.05, 3.63) is 62.6 Å². The smallest absolute Gasteiger partial charge is 0.271 e. The molecular formula is C16H16BrN3O5S. The van der Waals surface area contributed by atoms with Crippen LogP contribution in [-0.2, 0) is 14.8 Å². The largest absolute Gasteiger partial charge is 0.323 e. The Morgan fingerprint density at radius 3 is 2.50 bits per heavy atom. The van der Waals surface area contributed by atoms with Gasteiger partial charge < -0.3 is 5.32 Å². The average molecular weight is 442 g/mol. The first-order chi connectivity index (χ1) is 12.1. The number of benzene rings is 2. The van der Waals surface area contributed by atoms with Gasteiger partial charge in [0.2, 0.25) is 15.9 Å². The van der Waals surface area contributed by atoms with Gasteiger partial charge in [0.15, 0.2) is 0 Å². The van der Waals surface area contributed by atoms with E-state index in [1.807, 2.05) is 0 Å². The molecule has 0 heterocycles. The van der Waals surface area contributed by atoms with Crippen molar-refractivity contribution in [3.8, 4) is 0 Å². The minimum Gasteiger partial charge on any atom is -0.323 e. The van der Waals surface area contributed by atoms with E-state index in [1.165, 1.54) is 12.1 Å². The summed E-state index contributed by atoms with van der Waals surface area (Å²) in [7, 11) is -3.84. The maximum absolute atomic E-state index is 12.4. The fourth-order valence-electron chi connectivity index (χ4n) is 2.24. The summed E-state index contributed by atoms with van der Waals surface area (Å²) in [5, 5.41) is 13.6. The molecule has 0 spiro atoms. The van der Waals surface area contributed by atoms with E-state index in [0.717, 1.165) is 16.6 Å². The number of anilines is 2. The maximum atomic E-state index is 12.4. The Hall–Kier alpha value is -2.46. The monoisotopic (exact) mass is 441 g/mol. The molecule has 0 radical (unpaired) electrons. The summed E-state index contributed by atoms with van der Waals surface area (Å²) < 4.78 is 25.9. The minimum atomic E-state index is -3.84. The topological polar surface area (TPSA) is 110 Å². The van der Waals surface area contributed by atoms with Crippen LogP contribution in [0.1, 0.15) is 5.56 Å². The van der Waals surface area contributed by atoms with Crippen molar-refractivity contribution < 1.29 is 18.1 Å². The predicted molar refractivity (Wildman–Crippen MR) is 103 cm³/mol. The summed E-state index contributed by atoms with van der Waals surface area (Å²) in [6.07, 6.45) is 0.941. The molecule has 138 valence electrons. The van der Waals surface area contributed by atoms with Crippen molar-refractivity contribution in [1.29, 1.82) is 0 Å². The number of sulfonamides is 1. The van der Waals surface area contributed by atoms with Crippen molar-refractivity contribution in [2.45, 2.75) is 6.92 Å². The Labute approximate surface area is 159 Å². The summed E-state index contributed by atoms with van der Waals surface area (Å²) in [6, 6.07) is 10.7. The maximum Gasteiger partial charge on any atom is 0.271 e. The number of non-ortho nitro benzene ring substituents is 1. The highest BCUT2D eigenvalue weighted by atomic mass is 79.9. The van der Waals surface area contributed by atoms with Gasteiger partial charge in [0.05, 0.1) is 22.6 Å². The van der Waals surface area contributed by atoms with Crippen LogP contribution in [0.4, 0.5) is 17.1 Å². The highest BCUT2D eigenvalue weighted by molar-refractivity contribution is 9.10. The molecule has 1 N–H and O–H groups in total. The van der Waals surface area contributed by atoms with Crippen LogP contribution in [0, 0.1) is 17.0 Å². The van der Waals surface area contributed by atoms with Crippen LogP contribution in [0.15, 0.2) is 46.9 Å². The molecule has 0 aliphatic heterocycles. The quantitative estimate of drug-likeness (QED) is 0.546. The average Bonchev–Trinajstić information content (AvgIpc) is 2.54. The van der Waals surface area contributed by atoms with Crippen LogP contribution in [0.2, 0.25) is 0 Å². The Bertz CT molecular complexity index is 962. The van der Waals surface area contributed by atoms with Gasteiger partial charge >= 0.3 is 0 Å². The van der Waals surface area contributed by atoms with Crippen LogP contribution >= 0.6 is 15.9 Å². The second-order valence-electron chi connectivity index (χ2n) is 5.53. The Kier molecular flexibility index (Phi) is 5.98. The number of para-hydroxylation sites is 1. The van der Waals surface area contributed by atoms with E-state index in [-0.39, 0.29) is 11.4 Å². The number of hydrogen-bond acceptors (Lipinski definition) is 5. The molecule has 2 rings (SSSR count). The van der Waals surface area contributed by atoms with E-state index >= 15 is 0 Å². The number of rotatable bonds is 6. The second-order valence-corrected chi connectivity index (χ2v) is 8.29. The number of halogens is 1. The van der Waals surface area contributed by atoms with E-state index in [1.54, 1.807) is 31.2 Å². The van der Waals surface area contributed by atoms with Crippen LogP contribution in [0.3, 0.4) is 0 Å². The number of aryl methyl sites for hydroxylation is 1. The zero-order valence-corrected chi connectivity index (χ0v) is 16.4. The highest BCUT2D eigenvalue weighted by Gasteiger charge is 2.24. The Balaban J connectivity index is 2.35. The third-order valence-corrected chi connectivity index (χ3v) is 5.33. The summed E-state index contributed by atoms with van der Waals surface area (Å²) in [6.45, 7) is 1.10. The molecule has 2 aromatic rings. The molecule has 0 fully saturated rings. The molecule has 0 saturated carbocycles. The molecule has 10 heteroatoms. The van der Waals surface area contributed by atoms with Crippen molar-refractivity contribution >= 4 is 48.9 Å². The normalized spacial score (nSPS) is 11.0. The summed E-state index contributed by atoms with van der Waals surface area (Å²) in [5.74, 6) is -0.576. The first kappa shape index (κ1) is 19.9. The van der Waals surface area contributed by atoms with Crippen LogP contribution in [-0.4, -0.2) is 32.0 Å². The van der Waals surface area contributed by atoms with Gasteiger partial charge in [-0.2, -0.15) is 0 Å². The lowest BCUT2D eigenvalue weighted by molar-refractivity contribution is -0.384. The molecule has 0 aliphatic rings. The lowest BCUT2D eigenvalue weighted by atomic mass is 10.2. The number of carbonyl (C=O) groups is 1. The summed E-state index contributed by atoms with van der Waals surface area (Å²) in [4.78, 5) is 22.7. The molecule has 1 amide bonds. The van der Waals surface area contributed by atoms with Crippen molar-refractivity contribution in [1.82, 2.24) is 0 Å². The van der Waals surface area contributed by atoms with Gasteiger partial charge in [0, 0.05) is 16.6 Å². The van der Waals surface area contributed by atoms with Crippen molar-refractivity contribution in [2.75, 3.05) is 22.4 Å². The van der Waals surface area contributed by atoms with Gasteiger partial charge in [-0.15, -0.1) is 0 Å². The first-order valence-corrected chi connectivity index (χ1v) is 10.0. The van der Waals surface area contributed by atoms with Gasteiger partial charge in [-0.1, -0.05) is 18.2 Å². The number of nitro groups is 1. The van der Waals surface area contributed by atoms with Crippen molar-refractivity contribution in [2.24, 2.45) is 0 Å². The molecule has 0 atom stereocenters. The van der Waals surface area contributed by atoms with E-state index in [2.05, 4.69) is 21.2 Å². The van der Waals surface area contributed by atoms with Crippen molar-refractivity contribution in [3.63, 3.8) is 0 Å². The number of nitrogens with one attached hydrogen (secondary N) is 1. The number of amides is 1. The molecule has 0 unspecified atom stereocenters. The molecule has 8 nitrogen and oxygen atoms in total. The van der Waals surface area contributed by atoms with E-state index in [0.29, 0.717) is 15.7 Å². The zero-order valence-electron chi connectivity index (χ0n) is 14.0. The predicted octanol–water partition coefficient (Wildman–Crippen LogP) is 3.07. The number of carbonyl (C=O) groups excluding carboxylic acids is 1. The molecule has 26 heavy (non-hydrogen) atoms. The lowest BCUT2D eigenvalue weighted by Crippen LogP contribution is -2.38. The Morgan fingerprint density at radius 2 is 1.92 bits per heavy atom. The minimum absolute atomic E-state index is 0.0870. The molecule has 0 aliphatic carbocycles. The zero-order chi connectivity index (χ0) is 19.5. The van der Waals surface area contributed by atoms with Crippen LogP contribution < -0.4 is 9.62 Å².